The van der Waals surface area contributed by atoms with Gasteiger partial charge in [-0.1, -0.05) is 158 Å². The van der Waals surface area contributed by atoms with Crippen LogP contribution in [0, 0.1) is 0 Å². The highest BCUT2D eigenvalue weighted by Gasteiger charge is 2.17. The van der Waals surface area contributed by atoms with E-state index in [-0.39, 0.29) is 0 Å². The van der Waals surface area contributed by atoms with E-state index in [0.29, 0.717) is 23.4 Å². The molecule has 1 atom stereocenters. The molecular weight excluding hydrogens is 510 g/mol. The van der Waals surface area contributed by atoms with Crippen LogP contribution in [0.25, 0.3) is 50.6 Å². The van der Waals surface area contributed by atoms with Crippen LogP contribution in [0.5, 0.6) is 0 Å². The van der Waals surface area contributed by atoms with Crippen LogP contribution in [0.4, 0.5) is 0 Å². The average Bonchev–Trinajstić information content (AvgIpc) is 3.09. The number of hydrogen-bond acceptors (Lipinski definition) is 3. The second kappa shape index (κ2) is 11.6. The van der Waals surface area contributed by atoms with Crippen LogP contribution < -0.4 is 0 Å². The van der Waals surface area contributed by atoms with Gasteiger partial charge in [0.1, 0.15) is 0 Å². The van der Waals surface area contributed by atoms with Gasteiger partial charge in [0.15, 0.2) is 17.5 Å². The van der Waals surface area contributed by atoms with Gasteiger partial charge in [0.25, 0.3) is 0 Å². The fraction of sp³-hybridized carbons (Fsp3) is 0.0513. The number of benzene rings is 5. The Bertz CT molecular complexity index is 1760. The largest absolute Gasteiger partial charge is 0.208 e. The molecule has 0 amide bonds. The molecule has 3 heteroatoms. The molecule has 3 nitrogen and oxygen atoms in total. The molecule has 0 bridgehead atoms. The van der Waals surface area contributed by atoms with E-state index in [2.05, 4.69) is 146 Å². The van der Waals surface area contributed by atoms with Gasteiger partial charge in [-0.15, -0.1) is 0 Å². The molecule has 1 aliphatic rings. The van der Waals surface area contributed by atoms with Crippen LogP contribution in [-0.2, 0) is 0 Å². The molecule has 0 aliphatic heterocycles. The summed E-state index contributed by atoms with van der Waals surface area (Å²) in [6.07, 6.45) is 7.57. The fourth-order valence-electron chi connectivity index (χ4n) is 5.38. The minimum atomic E-state index is 0.354. The first-order valence-corrected chi connectivity index (χ1v) is 14.3. The minimum absolute atomic E-state index is 0.354. The Labute approximate surface area is 246 Å². The van der Waals surface area contributed by atoms with E-state index < -0.39 is 0 Å². The first-order valence-electron chi connectivity index (χ1n) is 14.3. The molecule has 1 aliphatic carbocycles. The smallest absolute Gasteiger partial charge is 0.164 e. The summed E-state index contributed by atoms with van der Waals surface area (Å²) in [4.78, 5) is 14.9. The van der Waals surface area contributed by atoms with Crippen molar-refractivity contribution in [1.82, 2.24) is 15.0 Å². The van der Waals surface area contributed by atoms with E-state index in [0.717, 1.165) is 34.2 Å². The molecule has 200 valence electrons. The maximum Gasteiger partial charge on any atom is 0.164 e. The lowest BCUT2D eigenvalue weighted by Gasteiger charge is -2.17. The fourth-order valence-corrected chi connectivity index (χ4v) is 5.38. The number of rotatable bonds is 6. The molecule has 1 heterocycles. The van der Waals surface area contributed by atoms with Crippen molar-refractivity contribution in [3.8, 4) is 45.0 Å². The van der Waals surface area contributed by atoms with E-state index in [9.17, 15) is 0 Å². The third-order valence-corrected chi connectivity index (χ3v) is 7.72. The topological polar surface area (TPSA) is 38.7 Å². The van der Waals surface area contributed by atoms with Crippen LogP contribution in [-0.4, -0.2) is 15.0 Å². The van der Waals surface area contributed by atoms with Crippen LogP contribution in [0.3, 0.4) is 0 Å². The molecule has 42 heavy (non-hydrogen) atoms. The summed E-state index contributed by atoms with van der Waals surface area (Å²) in [5, 5.41) is 0. The van der Waals surface area contributed by atoms with Gasteiger partial charge in [0.2, 0.25) is 0 Å². The van der Waals surface area contributed by atoms with E-state index in [1.165, 1.54) is 16.7 Å². The van der Waals surface area contributed by atoms with Crippen molar-refractivity contribution >= 4 is 5.57 Å². The summed E-state index contributed by atoms with van der Waals surface area (Å²) in [6, 6.07) is 48.3. The molecule has 1 aromatic heterocycles. The van der Waals surface area contributed by atoms with Gasteiger partial charge < -0.3 is 0 Å². The highest BCUT2D eigenvalue weighted by molar-refractivity contribution is 5.75. The molecule has 0 fully saturated rings. The Hall–Kier alpha value is -5.41. The highest BCUT2D eigenvalue weighted by Crippen LogP contribution is 2.32. The SMILES string of the molecule is C1=CC(c2ccccc2)CC=C1c1nc(-c2ccc(-c3ccccc3)cc2)nc(-c2ccc(-c3ccccc3)cc2)n1. The second-order valence-corrected chi connectivity index (χ2v) is 10.5. The van der Waals surface area contributed by atoms with Crippen molar-refractivity contribution in [2.45, 2.75) is 12.3 Å². The van der Waals surface area contributed by atoms with Crippen molar-refractivity contribution < 1.29 is 0 Å². The van der Waals surface area contributed by atoms with Crippen molar-refractivity contribution in [2.75, 3.05) is 0 Å². The molecule has 6 aromatic rings. The summed E-state index contributed by atoms with van der Waals surface area (Å²) < 4.78 is 0. The van der Waals surface area contributed by atoms with Gasteiger partial charge in [-0.25, -0.2) is 15.0 Å². The van der Waals surface area contributed by atoms with E-state index in [4.69, 9.17) is 15.0 Å². The monoisotopic (exact) mass is 539 g/mol. The van der Waals surface area contributed by atoms with E-state index >= 15 is 0 Å². The Morgan fingerprint density at radius 3 is 1.26 bits per heavy atom. The van der Waals surface area contributed by atoms with Crippen molar-refractivity contribution in [3.63, 3.8) is 0 Å². The Morgan fingerprint density at radius 2 is 0.810 bits per heavy atom. The molecule has 1 unspecified atom stereocenters. The Kier molecular flexibility index (Phi) is 7.06. The number of hydrogen-bond donors (Lipinski definition) is 0. The summed E-state index contributed by atoms with van der Waals surface area (Å²) in [5.41, 5.74) is 8.96. The normalized spacial score (nSPS) is 14.4. The van der Waals surface area contributed by atoms with Crippen molar-refractivity contribution in [1.29, 1.82) is 0 Å². The number of allylic oxidation sites excluding steroid dienone is 4. The molecule has 0 radical (unpaired) electrons. The van der Waals surface area contributed by atoms with Gasteiger partial charge in [0.05, 0.1) is 0 Å². The molecule has 0 spiro atoms. The Morgan fingerprint density at radius 1 is 0.405 bits per heavy atom. The number of nitrogens with zero attached hydrogens (tertiary/aromatic N) is 3. The van der Waals surface area contributed by atoms with Gasteiger partial charge in [-0.3, -0.25) is 0 Å². The van der Waals surface area contributed by atoms with E-state index in [1.807, 2.05) is 12.1 Å². The molecule has 0 N–H and O–H groups in total. The molecular formula is C39H29N3. The third kappa shape index (κ3) is 5.45. The highest BCUT2D eigenvalue weighted by atomic mass is 15.0. The zero-order chi connectivity index (χ0) is 28.1. The first kappa shape index (κ1) is 25.6. The van der Waals surface area contributed by atoms with Crippen molar-refractivity contribution in [2.24, 2.45) is 0 Å². The second-order valence-electron chi connectivity index (χ2n) is 10.5. The summed E-state index contributed by atoms with van der Waals surface area (Å²) in [5.74, 6) is 2.38. The third-order valence-electron chi connectivity index (χ3n) is 7.72. The molecule has 0 saturated heterocycles. The summed E-state index contributed by atoms with van der Waals surface area (Å²) in [6.45, 7) is 0. The van der Waals surface area contributed by atoms with Crippen LogP contribution in [0.15, 0.2) is 158 Å². The first-order chi connectivity index (χ1) is 20.8. The van der Waals surface area contributed by atoms with Crippen LogP contribution >= 0.6 is 0 Å². The van der Waals surface area contributed by atoms with Crippen LogP contribution in [0.2, 0.25) is 0 Å². The van der Waals surface area contributed by atoms with E-state index in [1.54, 1.807) is 0 Å². The van der Waals surface area contributed by atoms with Gasteiger partial charge >= 0.3 is 0 Å². The maximum atomic E-state index is 4.98. The van der Waals surface area contributed by atoms with Gasteiger partial charge in [0, 0.05) is 22.6 Å². The minimum Gasteiger partial charge on any atom is -0.208 e. The summed E-state index contributed by atoms with van der Waals surface area (Å²) >= 11 is 0. The maximum absolute atomic E-state index is 4.98. The standard InChI is InChI=1S/C39H29N3/c1-4-10-28(11-5-1)31-16-22-34(23-17-31)37-40-38(35-24-18-32(19-25-35)29-12-6-2-7-13-29)42-39(41-37)36-26-20-33(21-27-36)30-14-8-3-9-15-30/h1-20,22-27,33H,21H2. The quantitative estimate of drug-likeness (QED) is 0.211. The predicted molar refractivity (Wildman–Crippen MR) is 172 cm³/mol. The number of aromatic nitrogens is 3. The lowest BCUT2D eigenvalue weighted by atomic mass is 9.90. The lowest BCUT2D eigenvalue weighted by Crippen LogP contribution is -2.05. The lowest BCUT2D eigenvalue weighted by molar-refractivity contribution is 0.854. The zero-order valence-corrected chi connectivity index (χ0v) is 23.1. The predicted octanol–water partition coefficient (Wildman–Crippen LogP) is 9.67. The average molecular weight is 540 g/mol. The zero-order valence-electron chi connectivity index (χ0n) is 23.1. The molecule has 5 aromatic carbocycles. The van der Waals surface area contributed by atoms with Crippen LogP contribution in [0.1, 0.15) is 23.7 Å². The molecule has 0 saturated carbocycles. The molecule has 7 rings (SSSR count). The van der Waals surface area contributed by atoms with Crippen molar-refractivity contribution in [3.05, 3.63) is 169 Å². The summed E-state index contributed by atoms with van der Waals surface area (Å²) in [7, 11) is 0. The van der Waals surface area contributed by atoms with Gasteiger partial charge in [-0.2, -0.15) is 0 Å². The van der Waals surface area contributed by atoms with Gasteiger partial charge in [-0.05, 0) is 34.2 Å². The Balaban J connectivity index is 1.25.